The van der Waals surface area contributed by atoms with Gasteiger partial charge in [-0.2, -0.15) is 0 Å². The summed E-state index contributed by atoms with van der Waals surface area (Å²) in [7, 11) is 0. The highest BCUT2D eigenvalue weighted by Gasteiger charge is 2.29. The molecule has 5 nitrogen and oxygen atoms in total. The third kappa shape index (κ3) is 5.30. The molecule has 31 heavy (non-hydrogen) atoms. The Morgan fingerprint density at radius 3 is 3.00 bits per heavy atom. The van der Waals surface area contributed by atoms with Crippen molar-refractivity contribution in [1.82, 2.24) is 15.2 Å². The smallest absolute Gasteiger partial charge is 0.244 e. The zero-order chi connectivity index (χ0) is 21.8. The van der Waals surface area contributed by atoms with E-state index < -0.39 is 0 Å². The highest BCUT2D eigenvalue weighted by molar-refractivity contribution is 7.19. The first-order chi connectivity index (χ1) is 15.0. The minimum Gasteiger partial charge on any atom is -0.376 e. The van der Waals surface area contributed by atoms with Gasteiger partial charge in [-0.25, -0.2) is 9.37 Å². The Labute approximate surface area is 189 Å². The van der Waals surface area contributed by atoms with Crippen LogP contribution in [0, 0.1) is 5.82 Å². The third-order valence-corrected chi connectivity index (χ3v) is 6.53. The van der Waals surface area contributed by atoms with Gasteiger partial charge in [0, 0.05) is 36.3 Å². The lowest BCUT2D eigenvalue weighted by atomic mass is 10.0. The van der Waals surface area contributed by atoms with Gasteiger partial charge in [-0.15, -0.1) is 11.3 Å². The Balaban J connectivity index is 1.48. The molecule has 1 aromatic heterocycles. The van der Waals surface area contributed by atoms with E-state index in [1.165, 1.54) is 23.5 Å². The number of aromatic nitrogens is 1. The van der Waals surface area contributed by atoms with Crippen LogP contribution in [-0.4, -0.2) is 48.1 Å². The van der Waals surface area contributed by atoms with E-state index in [1.807, 2.05) is 31.2 Å². The normalized spacial score (nSPS) is 18.5. The first-order valence-corrected chi connectivity index (χ1v) is 11.3. The van der Waals surface area contributed by atoms with Gasteiger partial charge in [0.1, 0.15) is 10.8 Å². The molecule has 2 atom stereocenters. The average Bonchev–Trinajstić information content (AvgIpc) is 3.17. The molecule has 1 N–H and O–H groups in total. The monoisotopic (exact) mass is 459 g/mol. The van der Waals surface area contributed by atoms with Crippen molar-refractivity contribution in [3.8, 4) is 0 Å². The van der Waals surface area contributed by atoms with Gasteiger partial charge in [-0.3, -0.25) is 9.69 Å². The van der Waals surface area contributed by atoms with Crippen molar-refractivity contribution in [2.75, 3.05) is 26.2 Å². The molecule has 1 aliphatic rings. The molecule has 1 saturated heterocycles. The molecule has 0 bridgehead atoms. The Hall–Kier alpha value is -2.32. The molecule has 0 aliphatic carbocycles. The molecule has 8 heteroatoms. The Bertz CT molecular complexity index is 1050. The summed E-state index contributed by atoms with van der Waals surface area (Å²) in [6, 6.07) is 12.1. The lowest BCUT2D eigenvalue weighted by Gasteiger charge is -2.38. The second kappa shape index (κ2) is 9.87. The summed E-state index contributed by atoms with van der Waals surface area (Å²) >= 11 is 7.86. The predicted molar refractivity (Wildman–Crippen MR) is 123 cm³/mol. The van der Waals surface area contributed by atoms with Crippen LogP contribution in [0.1, 0.15) is 23.5 Å². The molecular weight excluding hydrogens is 437 g/mol. The molecule has 2 unspecified atom stereocenters. The molecule has 4 rings (SSSR count). The minimum atomic E-state index is -0.389. The van der Waals surface area contributed by atoms with Crippen molar-refractivity contribution < 1.29 is 13.9 Å². The number of amides is 1. The number of halogens is 2. The van der Waals surface area contributed by atoms with Crippen LogP contribution in [0.3, 0.4) is 0 Å². The zero-order valence-electron chi connectivity index (χ0n) is 17.1. The molecule has 162 valence electrons. The van der Waals surface area contributed by atoms with E-state index in [1.54, 1.807) is 18.2 Å². The number of morpholine rings is 1. The van der Waals surface area contributed by atoms with E-state index in [9.17, 15) is 9.18 Å². The van der Waals surface area contributed by atoms with Gasteiger partial charge in [0.2, 0.25) is 5.91 Å². The number of thiazole rings is 1. The second-order valence-corrected chi connectivity index (χ2v) is 8.90. The molecule has 2 aromatic carbocycles. The SMILES string of the molecule is CC1CN(C(CNC(=O)/C=C/c2nc3ccccc3s2)c2c(F)cccc2Cl)CCO1. The van der Waals surface area contributed by atoms with Crippen molar-refractivity contribution in [2.24, 2.45) is 0 Å². The van der Waals surface area contributed by atoms with Crippen LogP contribution in [0.5, 0.6) is 0 Å². The van der Waals surface area contributed by atoms with Gasteiger partial charge in [-0.05, 0) is 37.3 Å². The van der Waals surface area contributed by atoms with E-state index in [4.69, 9.17) is 16.3 Å². The van der Waals surface area contributed by atoms with Crippen LogP contribution in [0.2, 0.25) is 5.02 Å². The standard InChI is InChI=1S/C23H23ClFN3O2S/c1-15-14-28(11-12-30-15)19(23-16(24)5-4-6-17(23)25)13-26-21(29)9-10-22-27-18-7-2-3-8-20(18)31-22/h2-10,15,19H,11-14H2,1H3,(H,26,29)/b10-9+. The number of carbonyl (C=O) groups excluding carboxylic acids is 1. The van der Waals surface area contributed by atoms with Crippen molar-refractivity contribution in [2.45, 2.75) is 19.1 Å². The molecule has 1 fully saturated rings. The van der Waals surface area contributed by atoms with Crippen molar-refractivity contribution in [3.05, 3.63) is 70.0 Å². The molecule has 3 aromatic rings. The fourth-order valence-corrected chi connectivity index (χ4v) is 4.89. The van der Waals surface area contributed by atoms with Gasteiger partial charge in [0.15, 0.2) is 0 Å². The number of ether oxygens (including phenoxy) is 1. The van der Waals surface area contributed by atoms with Gasteiger partial charge in [0.05, 0.1) is 29.0 Å². The summed E-state index contributed by atoms with van der Waals surface area (Å²) in [6.45, 7) is 4.03. The molecule has 1 aliphatic heterocycles. The van der Waals surface area contributed by atoms with E-state index in [-0.39, 0.29) is 30.4 Å². The summed E-state index contributed by atoms with van der Waals surface area (Å²) in [6.07, 6.45) is 3.18. The topological polar surface area (TPSA) is 54.5 Å². The van der Waals surface area contributed by atoms with Gasteiger partial charge in [-0.1, -0.05) is 29.8 Å². The van der Waals surface area contributed by atoms with E-state index in [2.05, 4.69) is 15.2 Å². The fraction of sp³-hybridized carbons (Fsp3) is 0.304. The third-order valence-electron chi connectivity index (χ3n) is 5.20. The molecular formula is C23H23ClFN3O2S. The average molecular weight is 460 g/mol. The Morgan fingerprint density at radius 1 is 1.39 bits per heavy atom. The number of nitrogens with one attached hydrogen (secondary N) is 1. The highest BCUT2D eigenvalue weighted by Crippen LogP contribution is 2.31. The van der Waals surface area contributed by atoms with Crippen LogP contribution in [0.15, 0.2) is 48.5 Å². The van der Waals surface area contributed by atoms with Gasteiger partial charge >= 0.3 is 0 Å². The Kier molecular flexibility index (Phi) is 6.97. The van der Waals surface area contributed by atoms with Crippen LogP contribution in [-0.2, 0) is 9.53 Å². The highest BCUT2D eigenvalue weighted by atomic mass is 35.5. The van der Waals surface area contributed by atoms with Crippen LogP contribution >= 0.6 is 22.9 Å². The molecule has 2 heterocycles. The van der Waals surface area contributed by atoms with E-state index in [0.717, 1.165) is 15.2 Å². The van der Waals surface area contributed by atoms with Crippen molar-refractivity contribution in [3.63, 3.8) is 0 Å². The van der Waals surface area contributed by atoms with Crippen molar-refractivity contribution in [1.29, 1.82) is 0 Å². The number of benzene rings is 2. The molecule has 0 radical (unpaired) electrons. The number of para-hydroxylation sites is 1. The zero-order valence-corrected chi connectivity index (χ0v) is 18.6. The number of hydrogen-bond donors (Lipinski definition) is 1. The summed E-state index contributed by atoms with van der Waals surface area (Å²) < 4.78 is 21.4. The summed E-state index contributed by atoms with van der Waals surface area (Å²) in [4.78, 5) is 19.1. The fourth-order valence-electron chi connectivity index (χ4n) is 3.74. The number of hydrogen-bond acceptors (Lipinski definition) is 5. The molecule has 0 saturated carbocycles. The number of nitrogens with zero attached hydrogens (tertiary/aromatic N) is 2. The lowest BCUT2D eigenvalue weighted by molar-refractivity contribution is -0.116. The number of rotatable bonds is 6. The summed E-state index contributed by atoms with van der Waals surface area (Å²) in [5.74, 6) is -0.645. The van der Waals surface area contributed by atoms with Crippen LogP contribution in [0.4, 0.5) is 4.39 Å². The van der Waals surface area contributed by atoms with Crippen LogP contribution in [0.25, 0.3) is 16.3 Å². The van der Waals surface area contributed by atoms with Crippen molar-refractivity contribution >= 4 is 45.1 Å². The maximum Gasteiger partial charge on any atom is 0.244 e. The quantitative estimate of drug-likeness (QED) is 0.544. The predicted octanol–water partition coefficient (Wildman–Crippen LogP) is 4.68. The van der Waals surface area contributed by atoms with E-state index >= 15 is 0 Å². The lowest BCUT2D eigenvalue weighted by Crippen LogP contribution is -2.46. The number of carbonyl (C=O) groups is 1. The van der Waals surface area contributed by atoms with Gasteiger partial charge in [0.25, 0.3) is 0 Å². The molecule has 1 amide bonds. The molecule has 0 spiro atoms. The minimum absolute atomic E-state index is 0.0245. The number of fused-ring (bicyclic) bond motifs is 1. The Morgan fingerprint density at radius 2 is 2.23 bits per heavy atom. The maximum atomic E-state index is 14.7. The largest absolute Gasteiger partial charge is 0.376 e. The van der Waals surface area contributed by atoms with E-state index in [0.29, 0.717) is 30.3 Å². The van der Waals surface area contributed by atoms with Crippen LogP contribution < -0.4 is 5.32 Å². The first-order valence-electron chi connectivity index (χ1n) is 10.1. The first kappa shape index (κ1) is 21.9. The second-order valence-electron chi connectivity index (χ2n) is 7.43. The summed E-state index contributed by atoms with van der Waals surface area (Å²) in [5.41, 5.74) is 1.30. The maximum absolute atomic E-state index is 14.7. The van der Waals surface area contributed by atoms with Gasteiger partial charge < -0.3 is 10.1 Å². The summed E-state index contributed by atoms with van der Waals surface area (Å²) in [5, 5.41) is 4.00.